The summed E-state index contributed by atoms with van der Waals surface area (Å²) in [7, 11) is 0. The molecule has 0 aromatic heterocycles. The highest BCUT2D eigenvalue weighted by atomic mass is 15.1. The molecule has 0 amide bonds. The summed E-state index contributed by atoms with van der Waals surface area (Å²) < 4.78 is 0. The van der Waals surface area contributed by atoms with E-state index in [1.165, 1.54) is 89.0 Å². The predicted octanol–water partition coefficient (Wildman–Crippen LogP) is 17.1. The van der Waals surface area contributed by atoms with Crippen molar-refractivity contribution in [3.8, 4) is 55.6 Å². The molecule has 64 heavy (non-hydrogen) atoms. The van der Waals surface area contributed by atoms with Gasteiger partial charge in [-0.2, -0.15) is 0 Å². The lowest BCUT2D eigenvalue weighted by Gasteiger charge is -2.34. The number of hydrogen-bond donors (Lipinski definition) is 0. The van der Waals surface area contributed by atoms with Crippen molar-refractivity contribution >= 4 is 17.1 Å². The summed E-state index contributed by atoms with van der Waals surface area (Å²) >= 11 is 0. The molecule has 0 radical (unpaired) electrons. The van der Waals surface area contributed by atoms with Gasteiger partial charge in [0.25, 0.3) is 0 Å². The minimum Gasteiger partial charge on any atom is -0.311 e. The van der Waals surface area contributed by atoms with Crippen LogP contribution in [0.1, 0.15) is 74.9 Å². The molecule has 9 aromatic rings. The molecule has 0 N–H and O–H groups in total. The highest BCUT2D eigenvalue weighted by Gasteiger charge is 2.53. The van der Waals surface area contributed by atoms with Gasteiger partial charge in [-0.3, -0.25) is 0 Å². The van der Waals surface area contributed by atoms with E-state index in [4.69, 9.17) is 0 Å². The lowest BCUT2D eigenvalue weighted by molar-refractivity contribution is 0.586. The van der Waals surface area contributed by atoms with E-state index in [1.807, 2.05) is 0 Å². The fourth-order valence-corrected chi connectivity index (χ4v) is 10.5. The molecule has 0 bridgehead atoms. The maximum absolute atomic E-state index is 2.54. The van der Waals surface area contributed by atoms with Crippen LogP contribution in [-0.4, -0.2) is 0 Å². The van der Waals surface area contributed by atoms with E-state index in [9.17, 15) is 0 Å². The first kappa shape index (κ1) is 39.6. The molecule has 11 rings (SSSR count). The molecule has 0 unspecified atom stereocenters. The van der Waals surface area contributed by atoms with Gasteiger partial charge >= 0.3 is 0 Å². The van der Waals surface area contributed by atoms with Crippen molar-refractivity contribution in [1.82, 2.24) is 0 Å². The summed E-state index contributed by atoms with van der Waals surface area (Å²) in [5, 5.41) is 0. The molecule has 0 fully saturated rings. The van der Waals surface area contributed by atoms with E-state index in [-0.39, 0.29) is 10.8 Å². The zero-order valence-corrected chi connectivity index (χ0v) is 37.7. The number of hydrogen-bond acceptors (Lipinski definition) is 1. The Morgan fingerprint density at radius 1 is 0.297 bits per heavy atom. The molecule has 0 saturated heterocycles. The molecule has 2 aliphatic carbocycles. The Morgan fingerprint density at radius 3 is 1.14 bits per heavy atom. The molecule has 0 saturated carbocycles. The second-order valence-corrected chi connectivity index (χ2v) is 19.8. The largest absolute Gasteiger partial charge is 0.311 e. The highest BCUT2D eigenvalue weighted by Crippen LogP contribution is 2.65. The third-order valence-electron chi connectivity index (χ3n) is 13.8. The van der Waals surface area contributed by atoms with E-state index >= 15 is 0 Å². The first-order chi connectivity index (χ1) is 31.0. The van der Waals surface area contributed by atoms with E-state index in [0.717, 1.165) is 17.1 Å². The molecule has 310 valence electrons. The SMILES string of the molecule is CC(C)(C)c1ccc2c(c1)C1(c3cc(C(C)(C)C)ccc3-2)c2ccccc2-c2cccc(-c3ccc(N(c4ccc(-c5ccccc5)cc4)c4ccc(-c5ccccc5)cc4)cc3)c21. The maximum Gasteiger partial charge on any atom is 0.0731 e. The van der Waals surface area contributed by atoms with Gasteiger partial charge in [-0.05, 0) is 136 Å². The normalized spacial score (nSPS) is 13.3. The van der Waals surface area contributed by atoms with Crippen molar-refractivity contribution in [2.45, 2.75) is 57.8 Å². The van der Waals surface area contributed by atoms with Crippen LogP contribution in [0.3, 0.4) is 0 Å². The topological polar surface area (TPSA) is 3.24 Å². The van der Waals surface area contributed by atoms with Crippen LogP contribution >= 0.6 is 0 Å². The Morgan fingerprint density at radius 2 is 0.672 bits per heavy atom. The molecule has 2 aliphatic rings. The number of benzene rings is 9. The lowest BCUT2D eigenvalue weighted by atomic mass is 9.67. The molecule has 1 heteroatoms. The number of rotatable bonds is 6. The van der Waals surface area contributed by atoms with Gasteiger partial charge in [-0.1, -0.05) is 217 Å². The Labute approximate surface area is 379 Å². The third-order valence-corrected chi connectivity index (χ3v) is 13.8. The van der Waals surface area contributed by atoms with Crippen LogP contribution < -0.4 is 4.90 Å². The molecule has 0 atom stereocenters. The Kier molecular flexibility index (Phi) is 9.26. The van der Waals surface area contributed by atoms with Crippen LogP contribution in [0, 0.1) is 0 Å². The van der Waals surface area contributed by atoms with Crippen LogP contribution in [0.4, 0.5) is 17.1 Å². The van der Waals surface area contributed by atoms with Crippen LogP contribution in [0.15, 0.2) is 212 Å². The Bertz CT molecular complexity index is 3030. The molecular formula is C63H53N. The first-order valence-electron chi connectivity index (χ1n) is 22.8. The second-order valence-electron chi connectivity index (χ2n) is 19.8. The third kappa shape index (κ3) is 6.36. The number of nitrogens with zero attached hydrogens (tertiary/aromatic N) is 1. The molecule has 0 aliphatic heterocycles. The maximum atomic E-state index is 2.54. The van der Waals surface area contributed by atoms with Crippen molar-refractivity contribution in [3.05, 3.63) is 246 Å². The zero-order chi connectivity index (χ0) is 43.8. The lowest BCUT2D eigenvalue weighted by Crippen LogP contribution is -2.28. The van der Waals surface area contributed by atoms with Crippen molar-refractivity contribution in [2.24, 2.45) is 0 Å². The summed E-state index contributed by atoms with van der Waals surface area (Å²) in [6, 6.07) is 79.3. The van der Waals surface area contributed by atoms with E-state index in [2.05, 4.69) is 259 Å². The van der Waals surface area contributed by atoms with E-state index < -0.39 is 5.41 Å². The molecule has 9 aromatic carbocycles. The highest BCUT2D eigenvalue weighted by molar-refractivity contribution is 5.99. The molecule has 1 nitrogen and oxygen atoms in total. The quantitative estimate of drug-likeness (QED) is 0.161. The summed E-state index contributed by atoms with van der Waals surface area (Å²) in [6.07, 6.45) is 0. The van der Waals surface area contributed by atoms with Gasteiger partial charge < -0.3 is 4.90 Å². The summed E-state index contributed by atoms with van der Waals surface area (Å²) in [4.78, 5) is 2.38. The smallest absolute Gasteiger partial charge is 0.0731 e. The number of anilines is 3. The predicted molar refractivity (Wildman–Crippen MR) is 271 cm³/mol. The molecule has 1 spiro atoms. The second kappa shape index (κ2) is 15.0. The van der Waals surface area contributed by atoms with Gasteiger partial charge in [-0.15, -0.1) is 0 Å². The average Bonchev–Trinajstić information content (AvgIpc) is 3.79. The molecular weight excluding hydrogens is 771 g/mol. The Balaban J connectivity index is 1.09. The summed E-state index contributed by atoms with van der Waals surface area (Å²) in [5.74, 6) is 0. The minimum absolute atomic E-state index is 0.00647. The van der Waals surface area contributed by atoms with Crippen LogP contribution in [0.5, 0.6) is 0 Å². The van der Waals surface area contributed by atoms with Gasteiger partial charge in [0.05, 0.1) is 5.41 Å². The van der Waals surface area contributed by atoms with Crippen LogP contribution in [0.25, 0.3) is 55.6 Å². The van der Waals surface area contributed by atoms with Crippen molar-refractivity contribution in [1.29, 1.82) is 0 Å². The number of fused-ring (bicyclic) bond motifs is 10. The van der Waals surface area contributed by atoms with Crippen molar-refractivity contribution in [2.75, 3.05) is 4.90 Å². The fourth-order valence-electron chi connectivity index (χ4n) is 10.5. The zero-order valence-electron chi connectivity index (χ0n) is 37.7. The minimum atomic E-state index is -0.485. The standard InChI is InChI=1S/C63H53N/c1-61(2,3)47-30-38-54-55-39-31-48(62(4,5)6)41-59(55)63(58(54)40-47)57-23-14-13-20-53(57)56-22-15-21-52(60(56)63)46-28-36-51(37-29-46)64(49-32-24-44(25-33-49)42-16-9-7-10-17-42)50-34-26-45(27-35-50)43-18-11-8-12-19-43/h7-41H,1-6H3. The van der Waals surface area contributed by atoms with Gasteiger partial charge in [0.15, 0.2) is 0 Å². The van der Waals surface area contributed by atoms with E-state index in [1.54, 1.807) is 0 Å². The van der Waals surface area contributed by atoms with Gasteiger partial charge in [-0.25, -0.2) is 0 Å². The van der Waals surface area contributed by atoms with E-state index in [0.29, 0.717) is 0 Å². The average molecular weight is 824 g/mol. The van der Waals surface area contributed by atoms with Gasteiger partial charge in [0.2, 0.25) is 0 Å². The van der Waals surface area contributed by atoms with Gasteiger partial charge in [0.1, 0.15) is 0 Å². The van der Waals surface area contributed by atoms with Crippen LogP contribution in [-0.2, 0) is 16.2 Å². The molecule has 0 heterocycles. The van der Waals surface area contributed by atoms with Gasteiger partial charge in [0, 0.05) is 17.1 Å². The monoisotopic (exact) mass is 823 g/mol. The van der Waals surface area contributed by atoms with Crippen molar-refractivity contribution < 1.29 is 0 Å². The first-order valence-corrected chi connectivity index (χ1v) is 22.8. The van der Waals surface area contributed by atoms with Crippen LogP contribution in [0.2, 0.25) is 0 Å². The van der Waals surface area contributed by atoms with Crippen molar-refractivity contribution in [3.63, 3.8) is 0 Å². The summed E-state index contributed by atoms with van der Waals surface area (Å²) in [6.45, 7) is 14.0. The Hall–Kier alpha value is -7.22. The summed E-state index contributed by atoms with van der Waals surface area (Å²) in [5.41, 5.74) is 23.7. The fraction of sp³-hybridized carbons (Fsp3) is 0.143.